The van der Waals surface area contributed by atoms with Gasteiger partial charge >= 0.3 is 5.97 Å². The lowest BCUT2D eigenvalue weighted by Gasteiger charge is -2.09. The van der Waals surface area contributed by atoms with Crippen molar-refractivity contribution >= 4 is 58.1 Å². The van der Waals surface area contributed by atoms with Crippen molar-refractivity contribution in [3.63, 3.8) is 0 Å². The van der Waals surface area contributed by atoms with Crippen LogP contribution in [-0.2, 0) is 9.53 Å². The molecule has 2 aromatic rings. The van der Waals surface area contributed by atoms with E-state index in [1.54, 1.807) is 12.1 Å². The Morgan fingerprint density at radius 1 is 1.12 bits per heavy atom. The van der Waals surface area contributed by atoms with Gasteiger partial charge in [0.2, 0.25) is 0 Å². The molecule has 0 saturated heterocycles. The van der Waals surface area contributed by atoms with Crippen molar-refractivity contribution in [2.45, 2.75) is 0 Å². The Hall–Kier alpha value is -2.35. The van der Waals surface area contributed by atoms with Gasteiger partial charge in [-0.1, -0.05) is 40.9 Å². The van der Waals surface area contributed by atoms with Crippen molar-refractivity contribution in [3.8, 4) is 0 Å². The summed E-state index contributed by atoms with van der Waals surface area (Å²) in [6, 6.07) is 7.94. The number of halogens is 3. The van der Waals surface area contributed by atoms with E-state index in [2.05, 4.69) is 5.32 Å². The lowest BCUT2D eigenvalue weighted by molar-refractivity contribution is -0.384. The quantitative estimate of drug-likeness (QED) is 0.454. The average molecular weight is 404 g/mol. The number of non-ortho nitro benzene ring substituents is 1. The molecule has 0 atom stereocenters. The van der Waals surface area contributed by atoms with E-state index < -0.39 is 23.4 Å². The Bertz CT molecular complexity index is 857. The normalized spacial score (nSPS) is 10.2. The Morgan fingerprint density at radius 3 is 2.48 bits per heavy atom. The van der Waals surface area contributed by atoms with Crippen molar-refractivity contribution in [3.05, 3.63) is 67.1 Å². The summed E-state index contributed by atoms with van der Waals surface area (Å²) in [5.74, 6) is -1.54. The van der Waals surface area contributed by atoms with Crippen molar-refractivity contribution in [1.29, 1.82) is 0 Å². The van der Waals surface area contributed by atoms with Crippen molar-refractivity contribution in [1.82, 2.24) is 0 Å². The molecule has 0 bridgehead atoms. The van der Waals surface area contributed by atoms with Gasteiger partial charge in [-0.2, -0.15) is 0 Å². The van der Waals surface area contributed by atoms with E-state index >= 15 is 0 Å². The predicted octanol–water partition coefficient (Wildman–Crippen LogP) is 4.35. The summed E-state index contributed by atoms with van der Waals surface area (Å²) in [5, 5.41) is 13.3. The molecule has 0 radical (unpaired) electrons. The molecule has 0 aliphatic rings. The van der Waals surface area contributed by atoms with E-state index in [9.17, 15) is 19.7 Å². The third-order valence-electron chi connectivity index (χ3n) is 2.94. The fourth-order valence-corrected chi connectivity index (χ4v) is 2.38. The third kappa shape index (κ3) is 4.82. The first-order chi connectivity index (χ1) is 11.8. The summed E-state index contributed by atoms with van der Waals surface area (Å²) in [6.07, 6.45) is 0. The summed E-state index contributed by atoms with van der Waals surface area (Å²) < 4.78 is 4.83. The van der Waals surface area contributed by atoms with Crippen LogP contribution < -0.4 is 5.32 Å². The lowest BCUT2D eigenvalue weighted by Crippen LogP contribution is -2.21. The minimum absolute atomic E-state index is 0.0964. The maximum Gasteiger partial charge on any atom is 0.340 e. The molecular weight excluding hydrogens is 395 g/mol. The highest BCUT2D eigenvalue weighted by Gasteiger charge is 2.17. The molecule has 0 aliphatic carbocycles. The maximum absolute atomic E-state index is 11.9. The molecule has 7 nitrogen and oxygen atoms in total. The number of amides is 1. The van der Waals surface area contributed by atoms with Crippen LogP contribution in [0.25, 0.3) is 0 Å². The Labute approximate surface area is 156 Å². The lowest BCUT2D eigenvalue weighted by atomic mass is 10.2. The number of benzene rings is 2. The highest BCUT2D eigenvalue weighted by molar-refractivity contribution is 6.44. The van der Waals surface area contributed by atoms with Crippen molar-refractivity contribution in [2.75, 3.05) is 11.9 Å². The van der Waals surface area contributed by atoms with Crippen LogP contribution in [0.1, 0.15) is 10.4 Å². The summed E-state index contributed by atoms with van der Waals surface area (Å²) in [6.45, 7) is -0.602. The fourth-order valence-electron chi connectivity index (χ4n) is 1.78. The second kappa shape index (κ2) is 8.15. The van der Waals surface area contributed by atoms with Gasteiger partial charge in [0.1, 0.15) is 0 Å². The number of nitro groups is 1. The number of rotatable bonds is 5. The fraction of sp³-hybridized carbons (Fsp3) is 0.0667. The zero-order valence-electron chi connectivity index (χ0n) is 12.3. The highest BCUT2D eigenvalue weighted by atomic mass is 35.5. The Balaban J connectivity index is 1.99. The molecule has 0 unspecified atom stereocenters. The van der Waals surface area contributed by atoms with Crippen LogP contribution in [0.3, 0.4) is 0 Å². The number of hydrogen-bond acceptors (Lipinski definition) is 5. The monoisotopic (exact) mass is 402 g/mol. The molecule has 1 amide bonds. The van der Waals surface area contributed by atoms with E-state index in [-0.39, 0.29) is 32.0 Å². The van der Waals surface area contributed by atoms with Crippen LogP contribution in [0.2, 0.25) is 15.1 Å². The molecular formula is C15H9Cl3N2O5. The van der Waals surface area contributed by atoms with Crippen LogP contribution in [0, 0.1) is 10.1 Å². The van der Waals surface area contributed by atoms with Crippen LogP contribution >= 0.6 is 34.8 Å². The Kier molecular flexibility index (Phi) is 6.19. The largest absolute Gasteiger partial charge is 0.452 e. The van der Waals surface area contributed by atoms with Gasteiger partial charge < -0.3 is 10.1 Å². The number of carbonyl (C=O) groups excluding carboxylic acids is 2. The minimum Gasteiger partial charge on any atom is -0.452 e. The number of ether oxygens (including phenoxy) is 1. The van der Waals surface area contributed by atoms with E-state index in [0.717, 1.165) is 18.2 Å². The molecule has 25 heavy (non-hydrogen) atoms. The van der Waals surface area contributed by atoms with E-state index in [1.807, 2.05) is 0 Å². The van der Waals surface area contributed by atoms with Gasteiger partial charge in [0.25, 0.3) is 11.6 Å². The number of nitrogens with one attached hydrogen (secondary N) is 1. The molecule has 0 fully saturated rings. The molecule has 2 aromatic carbocycles. The summed E-state index contributed by atoms with van der Waals surface area (Å²) in [5.41, 5.74) is -0.0978. The zero-order valence-corrected chi connectivity index (χ0v) is 14.6. The molecule has 2 rings (SSSR count). The smallest absolute Gasteiger partial charge is 0.340 e. The SMILES string of the molecule is O=C(COC(=O)c1ccc([N+](=O)[O-])cc1Cl)Nc1cccc(Cl)c1Cl. The minimum atomic E-state index is -0.896. The van der Waals surface area contributed by atoms with Gasteiger partial charge in [0.05, 0.1) is 31.2 Å². The van der Waals surface area contributed by atoms with Gasteiger partial charge in [-0.3, -0.25) is 14.9 Å². The standard InChI is InChI=1S/C15H9Cl3N2O5/c16-10-2-1-3-12(14(10)18)19-13(21)7-25-15(22)9-5-4-8(20(23)24)6-11(9)17/h1-6H,7H2,(H,19,21). The summed E-state index contributed by atoms with van der Waals surface area (Å²) in [7, 11) is 0. The van der Waals surface area contributed by atoms with E-state index in [4.69, 9.17) is 39.5 Å². The van der Waals surface area contributed by atoms with Crippen LogP contribution in [0.5, 0.6) is 0 Å². The number of nitrogens with zero attached hydrogens (tertiary/aromatic N) is 1. The summed E-state index contributed by atoms with van der Waals surface area (Å²) >= 11 is 17.6. The second-order valence-electron chi connectivity index (χ2n) is 4.65. The molecule has 130 valence electrons. The number of anilines is 1. The van der Waals surface area contributed by atoms with E-state index in [0.29, 0.717) is 0 Å². The first-order valence-electron chi connectivity index (χ1n) is 6.64. The van der Waals surface area contributed by atoms with Gasteiger partial charge in [0, 0.05) is 12.1 Å². The molecule has 0 aliphatic heterocycles. The van der Waals surface area contributed by atoms with Gasteiger partial charge in [0.15, 0.2) is 6.61 Å². The number of carbonyl (C=O) groups is 2. The van der Waals surface area contributed by atoms with Crippen LogP contribution in [0.15, 0.2) is 36.4 Å². The molecule has 0 aromatic heterocycles. The molecule has 0 saturated carbocycles. The molecule has 10 heteroatoms. The number of hydrogen-bond donors (Lipinski definition) is 1. The predicted molar refractivity (Wildman–Crippen MR) is 93.5 cm³/mol. The van der Waals surface area contributed by atoms with E-state index in [1.165, 1.54) is 6.07 Å². The maximum atomic E-state index is 11.9. The van der Waals surface area contributed by atoms with Gasteiger partial charge in [-0.25, -0.2) is 4.79 Å². The molecule has 1 N–H and O–H groups in total. The van der Waals surface area contributed by atoms with Crippen molar-refractivity contribution in [2.24, 2.45) is 0 Å². The van der Waals surface area contributed by atoms with Crippen LogP contribution in [-0.4, -0.2) is 23.4 Å². The molecule has 0 heterocycles. The Morgan fingerprint density at radius 2 is 1.84 bits per heavy atom. The zero-order chi connectivity index (χ0) is 18.6. The third-order valence-corrected chi connectivity index (χ3v) is 4.08. The highest BCUT2D eigenvalue weighted by Crippen LogP contribution is 2.29. The first kappa shape index (κ1) is 19.0. The number of nitro benzene ring substituents is 1. The van der Waals surface area contributed by atoms with Gasteiger partial charge in [-0.15, -0.1) is 0 Å². The topological polar surface area (TPSA) is 98.5 Å². The van der Waals surface area contributed by atoms with Crippen LogP contribution in [0.4, 0.5) is 11.4 Å². The average Bonchev–Trinajstić information content (AvgIpc) is 2.56. The first-order valence-corrected chi connectivity index (χ1v) is 7.78. The molecule has 0 spiro atoms. The second-order valence-corrected chi connectivity index (χ2v) is 5.84. The van der Waals surface area contributed by atoms with Crippen molar-refractivity contribution < 1.29 is 19.2 Å². The van der Waals surface area contributed by atoms with Gasteiger partial charge in [-0.05, 0) is 18.2 Å². The summed E-state index contributed by atoms with van der Waals surface area (Å²) in [4.78, 5) is 33.7. The number of esters is 1.